The van der Waals surface area contributed by atoms with Crippen LogP contribution >= 0.6 is 23.4 Å². The molecule has 0 saturated carbocycles. The second kappa shape index (κ2) is 8.59. The first kappa shape index (κ1) is 19.5. The number of aromatic nitrogens is 3. The van der Waals surface area contributed by atoms with Crippen LogP contribution in [0.25, 0.3) is 0 Å². The van der Waals surface area contributed by atoms with Gasteiger partial charge < -0.3 is 9.88 Å². The number of aryl methyl sites for hydroxylation is 3. The molecule has 0 aliphatic heterocycles. The Morgan fingerprint density at radius 1 is 1.15 bits per heavy atom. The highest BCUT2D eigenvalue weighted by molar-refractivity contribution is 7.99. The van der Waals surface area contributed by atoms with Crippen molar-refractivity contribution >= 4 is 35.0 Å². The Labute approximate surface area is 168 Å². The van der Waals surface area contributed by atoms with E-state index in [4.69, 9.17) is 11.6 Å². The first-order chi connectivity index (χ1) is 12.9. The van der Waals surface area contributed by atoms with Crippen LogP contribution in [0.2, 0.25) is 5.02 Å². The molecule has 5 nitrogen and oxygen atoms in total. The Hall–Kier alpha value is -2.31. The maximum atomic E-state index is 12.4. The lowest BCUT2D eigenvalue weighted by atomic mass is 10.1. The number of anilines is 1. The van der Waals surface area contributed by atoms with Crippen molar-refractivity contribution < 1.29 is 4.79 Å². The Bertz CT molecular complexity index is 933. The summed E-state index contributed by atoms with van der Waals surface area (Å²) in [6.45, 7) is 6.49. The van der Waals surface area contributed by atoms with Gasteiger partial charge in [0.1, 0.15) is 5.82 Å². The summed E-state index contributed by atoms with van der Waals surface area (Å²) in [6, 6.07) is 13.9. The lowest BCUT2D eigenvalue weighted by Crippen LogP contribution is -2.16. The van der Waals surface area contributed by atoms with E-state index in [-0.39, 0.29) is 11.7 Å². The van der Waals surface area contributed by atoms with Gasteiger partial charge in [0.15, 0.2) is 5.16 Å². The summed E-state index contributed by atoms with van der Waals surface area (Å²) < 4.78 is 2.01. The van der Waals surface area contributed by atoms with Crippen LogP contribution in [0.15, 0.2) is 47.6 Å². The van der Waals surface area contributed by atoms with Gasteiger partial charge in [-0.2, -0.15) is 0 Å². The lowest BCUT2D eigenvalue weighted by molar-refractivity contribution is -0.113. The zero-order valence-electron chi connectivity index (χ0n) is 15.5. The molecule has 1 amide bonds. The van der Waals surface area contributed by atoms with Crippen LogP contribution in [0.3, 0.4) is 0 Å². The van der Waals surface area contributed by atoms with Crippen molar-refractivity contribution in [3.05, 3.63) is 70.0 Å². The minimum absolute atomic E-state index is 0.124. The number of nitrogens with one attached hydrogen (secondary N) is 1. The van der Waals surface area contributed by atoms with E-state index in [0.717, 1.165) is 27.7 Å². The molecule has 1 aromatic heterocycles. The van der Waals surface area contributed by atoms with Crippen molar-refractivity contribution in [2.75, 3.05) is 11.1 Å². The van der Waals surface area contributed by atoms with Crippen molar-refractivity contribution in [3.63, 3.8) is 0 Å². The van der Waals surface area contributed by atoms with Gasteiger partial charge in [-0.15, -0.1) is 10.2 Å². The number of nitrogens with zero attached hydrogens (tertiary/aromatic N) is 3. The normalized spacial score (nSPS) is 10.8. The quantitative estimate of drug-likeness (QED) is 0.612. The monoisotopic (exact) mass is 400 g/mol. The van der Waals surface area contributed by atoms with Crippen molar-refractivity contribution in [2.24, 2.45) is 0 Å². The van der Waals surface area contributed by atoms with Gasteiger partial charge in [0.05, 0.1) is 23.0 Å². The fourth-order valence-corrected chi connectivity index (χ4v) is 3.95. The highest BCUT2D eigenvalue weighted by Gasteiger charge is 2.14. The van der Waals surface area contributed by atoms with E-state index in [1.54, 1.807) is 0 Å². The molecule has 2 aromatic carbocycles. The Kier molecular flexibility index (Phi) is 6.19. The van der Waals surface area contributed by atoms with E-state index in [1.807, 2.05) is 55.7 Å². The van der Waals surface area contributed by atoms with Gasteiger partial charge in [0.2, 0.25) is 5.91 Å². The van der Waals surface area contributed by atoms with Gasteiger partial charge in [0.25, 0.3) is 0 Å². The van der Waals surface area contributed by atoms with Crippen molar-refractivity contribution in [3.8, 4) is 0 Å². The largest absolute Gasteiger partial charge is 0.324 e. The summed E-state index contributed by atoms with van der Waals surface area (Å²) in [7, 11) is 0. The maximum Gasteiger partial charge on any atom is 0.234 e. The minimum Gasteiger partial charge on any atom is -0.324 e. The van der Waals surface area contributed by atoms with Gasteiger partial charge in [-0.05, 0) is 43.5 Å². The third-order valence-corrected chi connectivity index (χ3v) is 5.38. The second-order valence-corrected chi connectivity index (χ2v) is 7.73. The van der Waals surface area contributed by atoms with Crippen molar-refractivity contribution in [1.29, 1.82) is 0 Å². The summed E-state index contributed by atoms with van der Waals surface area (Å²) in [6.07, 6.45) is 0. The molecule has 0 unspecified atom stereocenters. The molecule has 0 saturated heterocycles. The number of carbonyl (C=O) groups excluding carboxylic acids is 1. The number of hydrogen-bond acceptors (Lipinski definition) is 4. The summed E-state index contributed by atoms with van der Waals surface area (Å²) in [5.74, 6) is 0.927. The molecule has 0 bridgehead atoms. The van der Waals surface area contributed by atoms with E-state index in [9.17, 15) is 4.79 Å². The zero-order valence-corrected chi connectivity index (χ0v) is 17.1. The van der Waals surface area contributed by atoms with E-state index >= 15 is 0 Å². The van der Waals surface area contributed by atoms with Crippen LogP contribution in [0.1, 0.15) is 22.5 Å². The van der Waals surface area contributed by atoms with Gasteiger partial charge in [0, 0.05) is 0 Å². The van der Waals surface area contributed by atoms with Crippen LogP contribution in [-0.4, -0.2) is 26.4 Å². The highest BCUT2D eigenvalue weighted by Crippen LogP contribution is 2.28. The third kappa shape index (κ3) is 4.90. The SMILES string of the molecule is Cc1cc(C)c(NC(=O)CSc2nnc(C)n2Cc2ccccc2)c(Cl)c1. The number of halogens is 1. The van der Waals surface area contributed by atoms with Crippen LogP contribution in [0.4, 0.5) is 5.69 Å². The Morgan fingerprint density at radius 2 is 1.89 bits per heavy atom. The number of rotatable bonds is 6. The van der Waals surface area contributed by atoms with Gasteiger partial charge >= 0.3 is 0 Å². The average molecular weight is 401 g/mol. The van der Waals surface area contributed by atoms with Crippen LogP contribution < -0.4 is 5.32 Å². The van der Waals surface area contributed by atoms with E-state index in [0.29, 0.717) is 17.3 Å². The summed E-state index contributed by atoms with van der Waals surface area (Å²) >= 11 is 7.63. The molecule has 7 heteroatoms. The van der Waals surface area contributed by atoms with Crippen LogP contribution in [0.5, 0.6) is 0 Å². The zero-order chi connectivity index (χ0) is 19.4. The molecule has 1 heterocycles. The first-order valence-corrected chi connectivity index (χ1v) is 9.93. The molecule has 0 atom stereocenters. The van der Waals surface area contributed by atoms with Gasteiger partial charge in [-0.3, -0.25) is 4.79 Å². The topological polar surface area (TPSA) is 59.8 Å². The predicted molar refractivity (Wildman–Crippen MR) is 111 cm³/mol. The first-order valence-electron chi connectivity index (χ1n) is 8.57. The molecule has 0 aliphatic rings. The van der Waals surface area contributed by atoms with E-state index < -0.39 is 0 Å². The molecule has 0 fully saturated rings. The molecular weight excluding hydrogens is 380 g/mol. The summed E-state index contributed by atoms with van der Waals surface area (Å²) in [4.78, 5) is 12.4. The highest BCUT2D eigenvalue weighted by atomic mass is 35.5. The van der Waals surface area contributed by atoms with Crippen molar-refractivity contribution in [2.45, 2.75) is 32.5 Å². The van der Waals surface area contributed by atoms with Gasteiger partial charge in [-0.25, -0.2) is 0 Å². The minimum atomic E-state index is -0.124. The molecular formula is C20H21ClN4OS. The molecule has 0 aliphatic carbocycles. The fraction of sp³-hybridized carbons (Fsp3) is 0.250. The summed E-state index contributed by atoms with van der Waals surface area (Å²) in [5, 5.41) is 12.5. The van der Waals surface area contributed by atoms with E-state index in [2.05, 4.69) is 27.6 Å². The standard InChI is InChI=1S/C20H21ClN4OS/c1-13-9-14(2)19(17(21)10-13)22-18(26)12-27-20-24-23-15(3)25(20)11-16-7-5-4-6-8-16/h4-10H,11-12H2,1-3H3,(H,22,26). The number of benzene rings is 2. The number of hydrogen-bond donors (Lipinski definition) is 1. The Morgan fingerprint density at radius 3 is 2.59 bits per heavy atom. The van der Waals surface area contributed by atoms with Crippen LogP contribution in [0, 0.1) is 20.8 Å². The molecule has 3 aromatic rings. The molecule has 0 radical (unpaired) electrons. The molecule has 140 valence electrons. The fourth-order valence-electron chi connectivity index (χ4n) is 2.80. The summed E-state index contributed by atoms with van der Waals surface area (Å²) in [5.41, 5.74) is 3.83. The maximum absolute atomic E-state index is 12.4. The smallest absolute Gasteiger partial charge is 0.234 e. The third-order valence-electron chi connectivity index (χ3n) is 4.11. The number of thioether (sulfide) groups is 1. The van der Waals surface area contributed by atoms with Crippen molar-refractivity contribution in [1.82, 2.24) is 14.8 Å². The molecule has 3 rings (SSSR count). The predicted octanol–water partition coefficient (Wildman–Crippen LogP) is 4.64. The molecule has 0 spiro atoms. The van der Waals surface area contributed by atoms with E-state index in [1.165, 1.54) is 11.8 Å². The molecule has 27 heavy (non-hydrogen) atoms. The Balaban J connectivity index is 1.66. The lowest BCUT2D eigenvalue weighted by Gasteiger charge is -2.12. The molecule has 1 N–H and O–H groups in total. The van der Waals surface area contributed by atoms with Gasteiger partial charge in [-0.1, -0.05) is 59.8 Å². The second-order valence-electron chi connectivity index (χ2n) is 6.38. The van der Waals surface area contributed by atoms with Crippen LogP contribution in [-0.2, 0) is 11.3 Å². The number of amides is 1. The number of carbonyl (C=O) groups is 1. The average Bonchev–Trinajstić information content (AvgIpc) is 2.97.